The minimum Gasteiger partial charge on any atom is -0.353 e. The van der Waals surface area contributed by atoms with Crippen molar-refractivity contribution in [3.8, 4) is 0 Å². The van der Waals surface area contributed by atoms with Crippen LogP contribution >= 0.6 is 0 Å². The molecule has 120 valence electrons. The van der Waals surface area contributed by atoms with Gasteiger partial charge in [0, 0.05) is 42.8 Å². The van der Waals surface area contributed by atoms with Gasteiger partial charge in [0.05, 0.1) is 11.5 Å². The quantitative estimate of drug-likeness (QED) is 0.680. The van der Waals surface area contributed by atoms with Crippen molar-refractivity contribution in [2.75, 3.05) is 5.32 Å². The third kappa shape index (κ3) is 3.50. The normalized spacial score (nSPS) is 13.6. The molecule has 2 amide bonds. The Labute approximate surface area is 133 Å². The summed E-state index contributed by atoms with van der Waals surface area (Å²) in [5.74, 6) is 0. The zero-order valence-electron chi connectivity index (χ0n) is 12.8. The summed E-state index contributed by atoms with van der Waals surface area (Å²) < 4.78 is 1.99. The number of non-ortho nitro benzene ring substituents is 1. The summed E-state index contributed by atoms with van der Waals surface area (Å²) in [6.07, 6.45) is 3.98. The molecule has 0 bridgehead atoms. The molecule has 23 heavy (non-hydrogen) atoms. The van der Waals surface area contributed by atoms with Gasteiger partial charge in [0.1, 0.15) is 0 Å². The van der Waals surface area contributed by atoms with E-state index in [1.54, 1.807) is 12.1 Å². The molecule has 0 atom stereocenters. The summed E-state index contributed by atoms with van der Waals surface area (Å²) in [5.41, 5.74) is 1.62. The molecular weight excluding hydrogens is 296 g/mol. The summed E-state index contributed by atoms with van der Waals surface area (Å²) in [4.78, 5) is 24.5. The van der Waals surface area contributed by atoms with Crippen LogP contribution in [-0.2, 0) is 13.6 Å². The number of nitro groups is 1. The average molecular weight is 314 g/mol. The number of benzene rings is 1. The van der Waals surface area contributed by atoms with E-state index in [0.717, 1.165) is 18.5 Å². The highest BCUT2D eigenvalue weighted by Gasteiger charge is 2.33. The molecule has 0 radical (unpaired) electrons. The Balaban J connectivity index is 1.69. The molecule has 1 aliphatic rings. The first kappa shape index (κ1) is 15.1. The molecular formula is C16H18N4O3. The number of hydrogen-bond donors (Lipinski definition) is 1. The molecule has 1 aliphatic carbocycles. The smallest absolute Gasteiger partial charge is 0.322 e. The maximum Gasteiger partial charge on any atom is 0.322 e. The summed E-state index contributed by atoms with van der Waals surface area (Å²) in [5, 5.41) is 13.5. The second kappa shape index (κ2) is 6.12. The third-order valence-electron chi connectivity index (χ3n) is 3.96. The number of anilines is 1. The minimum absolute atomic E-state index is 0.00542. The average Bonchev–Trinajstić information content (AvgIpc) is 3.28. The van der Waals surface area contributed by atoms with Gasteiger partial charge in [0.25, 0.3) is 5.69 Å². The Morgan fingerprint density at radius 3 is 2.57 bits per heavy atom. The van der Waals surface area contributed by atoms with Crippen molar-refractivity contribution in [2.24, 2.45) is 7.05 Å². The van der Waals surface area contributed by atoms with Crippen LogP contribution in [-0.4, -0.2) is 26.5 Å². The number of aromatic nitrogens is 1. The van der Waals surface area contributed by atoms with Crippen LogP contribution in [0.3, 0.4) is 0 Å². The number of aryl methyl sites for hydroxylation is 1. The molecule has 1 aromatic heterocycles. The lowest BCUT2D eigenvalue weighted by atomic mass is 10.3. The van der Waals surface area contributed by atoms with Gasteiger partial charge in [0.2, 0.25) is 0 Å². The van der Waals surface area contributed by atoms with Crippen LogP contribution in [0.2, 0.25) is 0 Å². The predicted octanol–water partition coefficient (Wildman–Crippen LogP) is 3.13. The SMILES string of the molecule is Cn1cccc1CN(C(=O)Nc1ccc([N+](=O)[O-])cc1)C1CC1. The van der Waals surface area contributed by atoms with Gasteiger partial charge < -0.3 is 14.8 Å². The first-order chi connectivity index (χ1) is 11.0. The fourth-order valence-corrected chi connectivity index (χ4v) is 2.45. The van der Waals surface area contributed by atoms with Crippen LogP contribution in [0.5, 0.6) is 0 Å². The van der Waals surface area contributed by atoms with Crippen LogP contribution < -0.4 is 5.32 Å². The first-order valence-electron chi connectivity index (χ1n) is 7.47. The van der Waals surface area contributed by atoms with Gasteiger partial charge >= 0.3 is 6.03 Å². The Morgan fingerprint density at radius 2 is 2.04 bits per heavy atom. The third-order valence-corrected chi connectivity index (χ3v) is 3.96. The number of amides is 2. The molecule has 0 saturated heterocycles. The minimum atomic E-state index is -0.461. The van der Waals surface area contributed by atoms with Gasteiger partial charge in [-0.1, -0.05) is 0 Å². The van der Waals surface area contributed by atoms with E-state index in [9.17, 15) is 14.9 Å². The molecule has 1 saturated carbocycles. The van der Waals surface area contributed by atoms with Gasteiger partial charge in [-0.05, 0) is 37.1 Å². The van der Waals surface area contributed by atoms with Crippen LogP contribution in [0.15, 0.2) is 42.6 Å². The topological polar surface area (TPSA) is 80.4 Å². The molecule has 0 unspecified atom stereocenters. The molecule has 7 nitrogen and oxygen atoms in total. The molecule has 2 aromatic rings. The van der Waals surface area contributed by atoms with Gasteiger partial charge in [-0.25, -0.2) is 4.79 Å². The Hall–Kier alpha value is -2.83. The monoisotopic (exact) mass is 314 g/mol. The van der Waals surface area contributed by atoms with Gasteiger partial charge in [-0.2, -0.15) is 0 Å². The van der Waals surface area contributed by atoms with E-state index >= 15 is 0 Å². The number of nitrogens with zero attached hydrogens (tertiary/aromatic N) is 3. The van der Waals surface area contributed by atoms with Crippen molar-refractivity contribution in [1.29, 1.82) is 0 Å². The van der Waals surface area contributed by atoms with Crippen molar-refractivity contribution in [2.45, 2.75) is 25.4 Å². The molecule has 1 aromatic carbocycles. The van der Waals surface area contributed by atoms with E-state index in [0.29, 0.717) is 12.2 Å². The number of hydrogen-bond acceptors (Lipinski definition) is 3. The molecule has 7 heteroatoms. The van der Waals surface area contributed by atoms with Crippen LogP contribution in [0.25, 0.3) is 0 Å². The van der Waals surface area contributed by atoms with Crippen molar-refractivity contribution >= 4 is 17.4 Å². The van der Waals surface area contributed by atoms with Crippen LogP contribution in [0.1, 0.15) is 18.5 Å². The van der Waals surface area contributed by atoms with E-state index in [1.807, 2.05) is 34.8 Å². The lowest BCUT2D eigenvalue weighted by Crippen LogP contribution is -2.36. The molecule has 1 N–H and O–H groups in total. The van der Waals surface area contributed by atoms with Gasteiger partial charge in [-0.3, -0.25) is 10.1 Å². The standard InChI is InChI=1S/C16H18N4O3/c1-18-10-2-3-15(18)11-19(13-8-9-13)16(21)17-12-4-6-14(7-5-12)20(22)23/h2-7,10,13H,8-9,11H2,1H3,(H,17,21). The number of nitro benzene ring substituents is 1. The van der Waals surface area contributed by atoms with E-state index in [1.165, 1.54) is 12.1 Å². The molecule has 0 aliphatic heterocycles. The summed E-state index contributed by atoms with van der Waals surface area (Å²) >= 11 is 0. The van der Waals surface area contributed by atoms with E-state index < -0.39 is 4.92 Å². The number of rotatable bonds is 5. The van der Waals surface area contributed by atoms with Crippen molar-refractivity contribution < 1.29 is 9.72 Å². The second-order valence-corrected chi connectivity index (χ2v) is 5.70. The summed E-state index contributed by atoms with van der Waals surface area (Å²) in [6.45, 7) is 0.549. The number of nitrogens with one attached hydrogen (secondary N) is 1. The molecule has 1 heterocycles. The Kier molecular flexibility index (Phi) is 4.01. The maximum absolute atomic E-state index is 12.5. The van der Waals surface area contributed by atoms with Crippen molar-refractivity contribution in [3.63, 3.8) is 0 Å². The lowest BCUT2D eigenvalue weighted by Gasteiger charge is -2.23. The number of carbonyl (C=O) groups is 1. The molecule has 1 fully saturated rings. The van der Waals surface area contributed by atoms with E-state index in [-0.39, 0.29) is 17.8 Å². The van der Waals surface area contributed by atoms with E-state index in [4.69, 9.17) is 0 Å². The molecule has 0 spiro atoms. The van der Waals surface area contributed by atoms with Gasteiger partial charge in [-0.15, -0.1) is 0 Å². The number of carbonyl (C=O) groups excluding carboxylic acids is 1. The zero-order chi connectivity index (χ0) is 16.4. The molecule has 3 rings (SSSR count). The predicted molar refractivity (Wildman–Crippen MR) is 86.1 cm³/mol. The lowest BCUT2D eigenvalue weighted by molar-refractivity contribution is -0.384. The Bertz CT molecular complexity index is 719. The largest absolute Gasteiger partial charge is 0.353 e. The fraction of sp³-hybridized carbons (Fsp3) is 0.312. The number of urea groups is 1. The van der Waals surface area contributed by atoms with Crippen LogP contribution in [0.4, 0.5) is 16.2 Å². The Morgan fingerprint density at radius 1 is 1.35 bits per heavy atom. The zero-order valence-corrected chi connectivity index (χ0v) is 12.8. The summed E-state index contributed by atoms with van der Waals surface area (Å²) in [6, 6.07) is 9.89. The summed E-state index contributed by atoms with van der Waals surface area (Å²) in [7, 11) is 1.95. The maximum atomic E-state index is 12.5. The van der Waals surface area contributed by atoms with E-state index in [2.05, 4.69) is 5.32 Å². The van der Waals surface area contributed by atoms with Crippen LogP contribution in [0, 0.1) is 10.1 Å². The fourth-order valence-electron chi connectivity index (χ4n) is 2.45. The van der Waals surface area contributed by atoms with Gasteiger partial charge in [0.15, 0.2) is 0 Å². The first-order valence-corrected chi connectivity index (χ1v) is 7.47. The highest BCUT2D eigenvalue weighted by molar-refractivity contribution is 5.89. The van der Waals surface area contributed by atoms with Crippen molar-refractivity contribution in [1.82, 2.24) is 9.47 Å². The second-order valence-electron chi connectivity index (χ2n) is 5.70. The highest BCUT2D eigenvalue weighted by atomic mass is 16.6. The highest BCUT2D eigenvalue weighted by Crippen LogP contribution is 2.29. The van der Waals surface area contributed by atoms with Crippen molar-refractivity contribution in [3.05, 3.63) is 58.4 Å².